The average molecular weight is 287 g/mol. The van der Waals surface area contributed by atoms with Crippen LogP contribution in [0, 0.1) is 5.92 Å². The number of hydrogen-bond acceptors (Lipinski definition) is 2. The fraction of sp³-hybridized carbons (Fsp3) is 0.333. The molecule has 0 aliphatic carbocycles. The van der Waals surface area contributed by atoms with Crippen LogP contribution in [-0.4, -0.2) is 17.7 Å². The molecule has 0 fully saturated rings. The third-order valence-electron chi connectivity index (χ3n) is 2.18. The monoisotopic (exact) mass is 286 g/mol. The third-order valence-corrected chi connectivity index (χ3v) is 2.71. The molecule has 0 amide bonds. The summed E-state index contributed by atoms with van der Waals surface area (Å²) in [6.07, 6.45) is -2.05. The standard InChI is InChI=1S/C12H12BrFO2/c1-7(2)11(15)10(14)12(16)8-3-5-9(13)6-4-8/h3-7,10H,1-2H3. The molecule has 0 N–H and O–H groups in total. The van der Waals surface area contributed by atoms with Crippen molar-refractivity contribution in [1.29, 1.82) is 0 Å². The first kappa shape index (κ1) is 13.0. The highest BCUT2D eigenvalue weighted by atomic mass is 79.9. The molecule has 0 radical (unpaired) electrons. The van der Waals surface area contributed by atoms with Gasteiger partial charge in [0.15, 0.2) is 5.78 Å². The van der Waals surface area contributed by atoms with E-state index in [-0.39, 0.29) is 5.56 Å². The lowest BCUT2D eigenvalue weighted by atomic mass is 9.98. The van der Waals surface area contributed by atoms with E-state index in [2.05, 4.69) is 15.9 Å². The Morgan fingerprint density at radius 1 is 1.19 bits per heavy atom. The Hall–Kier alpha value is -1.03. The van der Waals surface area contributed by atoms with Gasteiger partial charge in [0, 0.05) is 16.0 Å². The van der Waals surface area contributed by atoms with Crippen molar-refractivity contribution < 1.29 is 14.0 Å². The summed E-state index contributed by atoms with van der Waals surface area (Å²) in [7, 11) is 0. The van der Waals surface area contributed by atoms with Gasteiger partial charge in [0.2, 0.25) is 12.0 Å². The summed E-state index contributed by atoms with van der Waals surface area (Å²) in [5.41, 5.74) is 0.213. The highest BCUT2D eigenvalue weighted by Crippen LogP contribution is 2.15. The molecule has 0 bridgehead atoms. The van der Waals surface area contributed by atoms with E-state index >= 15 is 0 Å². The number of Topliss-reactive ketones (excluding diaryl/α,β-unsaturated/α-hetero) is 2. The van der Waals surface area contributed by atoms with E-state index in [0.29, 0.717) is 0 Å². The number of benzene rings is 1. The molecule has 0 saturated heterocycles. The zero-order chi connectivity index (χ0) is 12.3. The molecule has 1 aromatic rings. The molecule has 2 nitrogen and oxygen atoms in total. The summed E-state index contributed by atoms with van der Waals surface area (Å²) >= 11 is 3.21. The number of carbonyl (C=O) groups excluding carboxylic acids is 2. The SMILES string of the molecule is CC(C)C(=O)C(F)C(=O)c1ccc(Br)cc1. The number of halogens is 2. The second-order valence-corrected chi connectivity index (χ2v) is 4.71. The molecule has 0 saturated carbocycles. The van der Waals surface area contributed by atoms with Crippen LogP contribution in [0.4, 0.5) is 4.39 Å². The fourth-order valence-corrected chi connectivity index (χ4v) is 1.45. The van der Waals surface area contributed by atoms with Gasteiger partial charge in [0.05, 0.1) is 0 Å². The first-order chi connectivity index (χ1) is 7.43. The zero-order valence-electron chi connectivity index (χ0n) is 9.04. The minimum atomic E-state index is -2.05. The van der Waals surface area contributed by atoms with E-state index in [4.69, 9.17) is 0 Å². The summed E-state index contributed by atoms with van der Waals surface area (Å²) in [6, 6.07) is 6.26. The average Bonchev–Trinajstić information content (AvgIpc) is 2.27. The molecule has 16 heavy (non-hydrogen) atoms. The molecule has 1 atom stereocenters. The van der Waals surface area contributed by atoms with Crippen LogP contribution in [0.25, 0.3) is 0 Å². The van der Waals surface area contributed by atoms with Crippen LogP contribution in [0.2, 0.25) is 0 Å². The molecule has 0 aliphatic heterocycles. The van der Waals surface area contributed by atoms with Crippen LogP contribution in [0.3, 0.4) is 0 Å². The molecule has 1 aromatic carbocycles. The normalized spacial score (nSPS) is 12.6. The van der Waals surface area contributed by atoms with Gasteiger partial charge in [-0.1, -0.05) is 41.9 Å². The van der Waals surface area contributed by atoms with E-state index < -0.39 is 23.7 Å². The Kier molecular flexibility index (Phi) is 4.35. The molecule has 0 aromatic heterocycles. The maximum atomic E-state index is 13.5. The molecule has 1 unspecified atom stereocenters. The molecule has 0 aliphatic rings. The molecule has 0 heterocycles. The predicted molar refractivity (Wildman–Crippen MR) is 63.2 cm³/mol. The first-order valence-corrected chi connectivity index (χ1v) is 5.70. The lowest BCUT2D eigenvalue weighted by Gasteiger charge is -2.08. The number of ketones is 2. The van der Waals surface area contributed by atoms with E-state index in [1.165, 1.54) is 12.1 Å². The fourth-order valence-electron chi connectivity index (χ4n) is 1.18. The number of alkyl halides is 1. The molecule has 1 rings (SSSR count). The highest BCUT2D eigenvalue weighted by molar-refractivity contribution is 9.10. The van der Waals surface area contributed by atoms with Crippen LogP contribution >= 0.6 is 15.9 Å². The van der Waals surface area contributed by atoms with Crippen molar-refractivity contribution in [2.75, 3.05) is 0 Å². The van der Waals surface area contributed by atoms with Gasteiger partial charge in [-0.05, 0) is 12.1 Å². The van der Waals surface area contributed by atoms with E-state index in [1.807, 2.05) is 0 Å². The Labute approximate surface area is 102 Å². The van der Waals surface area contributed by atoms with Crippen molar-refractivity contribution in [1.82, 2.24) is 0 Å². The number of rotatable bonds is 4. The van der Waals surface area contributed by atoms with Crippen LogP contribution < -0.4 is 0 Å². The summed E-state index contributed by atoms with van der Waals surface area (Å²) in [5, 5.41) is 0. The maximum Gasteiger partial charge on any atom is 0.221 e. The van der Waals surface area contributed by atoms with Gasteiger partial charge in [-0.15, -0.1) is 0 Å². The minimum absolute atomic E-state index is 0.213. The lowest BCUT2D eigenvalue weighted by Crippen LogP contribution is -2.29. The van der Waals surface area contributed by atoms with E-state index in [1.54, 1.807) is 26.0 Å². The van der Waals surface area contributed by atoms with Crippen molar-refractivity contribution in [2.24, 2.45) is 5.92 Å². The van der Waals surface area contributed by atoms with Gasteiger partial charge in [-0.3, -0.25) is 9.59 Å². The Balaban J connectivity index is 2.86. The van der Waals surface area contributed by atoms with Gasteiger partial charge in [0.1, 0.15) is 0 Å². The Morgan fingerprint density at radius 2 is 1.69 bits per heavy atom. The first-order valence-electron chi connectivity index (χ1n) is 4.91. The van der Waals surface area contributed by atoms with Crippen molar-refractivity contribution in [2.45, 2.75) is 20.0 Å². The second kappa shape index (κ2) is 5.34. The number of hydrogen-bond donors (Lipinski definition) is 0. The third kappa shape index (κ3) is 2.98. The summed E-state index contributed by atoms with van der Waals surface area (Å²) in [6.45, 7) is 3.15. The summed E-state index contributed by atoms with van der Waals surface area (Å²) < 4.78 is 14.3. The zero-order valence-corrected chi connectivity index (χ0v) is 10.6. The lowest BCUT2D eigenvalue weighted by molar-refractivity contribution is -0.125. The van der Waals surface area contributed by atoms with Gasteiger partial charge in [0.25, 0.3) is 0 Å². The van der Waals surface area contributed by atoms with Gasteiger partial charge < -0.3 is 0 Å². The quantitative estimate of drug-likeness (QED) is 0.629. The van der Waals surface area contributed by atoms with E-state index in [0.717, 1.165) is 4.47 Å². The summed E-state index contributed by atoms with van der Waals surface area (Å²) in [4.78, 5) is 22.9. The Bertz CT molecular complexity index is 398. The van der Waals surface area contributed by atoms with Gasteiger partial charge in [-0.2, -0.15) is 0 Å². The van der Waals surface area contributed by atoms with Crippen LogP contribution in [-0.2, 0) is 4.79 Å². The van der Waals surface area contributed by atoms with Crippen molar-refractivity contribution >= 4 is 27.5 Å². The smallest absolute Gasteiger partial charge is 0.221 e. The molecular formula is C12H12BrFO2. The van der Waals surface area contributed by atoms with Crippen LogP contribution in [0.1, 0.15) is 24.2 Å². The molecule has 86 valence electrons. The van der Waals surface area contributed by atoms with Crippen LogP contribution in [0.15, 0.2) is 28.7 Å². The topological polar surface area (TPSA) is 34.1 Å². The van der Waals surface area contributed by atoms with Gasteiger partial charge >= 0.3 is 0 Å². The van der Waals surface area contributed by atoms with Crippen molar-refractivity contribution in [3.8, 4) is 0 Å². The predicted octanol–water partition coefficient (Wildman–Crippen LogP) is 3.20. The van der Waals surface area contributed by atoms with Crippen LogP contribution in [0.5, 0.6) is 0 Å². The Morgan fingerprint density at radius 3 is 2.12 bits per heavy atom. The van der Waals surface area contributed by atoms with Crippen molar-refractivity contribution in [3.63, 3.8) is 0 Å². The largest absolute Gasteiger partial charge is 0.296 e. The van der Waals surface area contributed by atoms with E-state index in [9.17, 15) is 14.0 Å². The summed E-state index contributed by atoms with van der Waals surface area (Å²) in [5.74, 6) is -1.92. The number of carbonyl (C=O) groups is 2. The highest BCUT2D eigenvalue weighted by Gasteiger charge is 2.28. The molecular weight excluding hydrogens is 275 g/mol. The maximum absolute atomic E-state index is 13.5. The molecule has 4 heteroatoms. The van der Waals surface area contributed by atoms with Crippen molar-refractivity contribution in [3.05, 3.63) is 34.3 Å². The minimum Gasteiger partial charge on any atom is -0.296 e. The molecule has 0 spiro atoms. The van der Waals surface area contributed by atoms with Gasteiger partial charge in [-0.25, -0.2) is 4.39 Å². The second-order valence-electron chi connectivity index (χ2n) is 3.79.